The minimum Gasteiger partial charge on any atom is -0.311 e. The molecule has 3 nitrogen and oxygen atoms in total. The standard InChI is InChI=1S/C60H45N3/c1-6-18-46(19-7-1)47-32-38-58(39-33-47)63(59-30-16-20-50(44-59)48-34-40-56(41-35-48)61(52-22-8-2-9-23-52)53-24-10-3-11-25-53)60-31-17-21-51(45-60)49-36-42-57(43-37-49)62(54-26-12-4-13-27-54)55-28-14-5-15-29-55/h1-45H. The largest absolute Gasteiger partial charge is 0.311 e. The van der Waals surface area contributed by atoms with Crippen LogP contribution in [0.3, 0.4) is 0 Å². The minimum absolute atomic E-state index is 1.08. The van der Waals surface area contributed by atoms with E-state index in [-0.39, 0.29) is 0 Å². The van der Waals surface area contributed by atoms with Crippen molar-refractivity contribution in [3.63, 3.8) is 0 Å². The molecule has 300 valence electrons. The lowest BCUT2D eigenvalue weighted by atomic mass is 10.0. The fourth-order valence-corrected chi connectivity index (χ4v) is 8.34. The summed E-state index contributed by atoms with van der Waals surface area (Å²) in [4.78, 5) is 6.96. The zero-order valence-electron chi connectivity index (χ0n) is 34.8. The molecule has 0 saturated carbocycles. The van der Waals surface area contributed by atoms with Gasteiger partial charge in [-0.25, -0.2) is 0 Å². The fraction of sp³-hybridized carbons (Fsp3) is 0. The van der Waals surface area contributed by atoms with E-state index in [0.717, 1.165) is 73.4 Å². The SMILES string of the molecule is c1ccc(-c2ccc(N(c3cccc(-c4ccc(N(c5ccccc5)c5ccccc5)cc4)c3)c3cccc(-c4ccc(N(c5ccccc5)c5ccccc5)cc4)c3)cc2)cc1. The number of hydrogen-bond acceptors (Lipinski definition) is 3. The first-order chi connectivity index (χ1) is 31.2. The average molecular weight is 808 g/mol. The highest BCUT2D eigenvalue weighted by Gasteiger charge is 2.17. The summed E-state index contributed by atoms with van der Waals surface area (Å²) in [6.07, 6.45) is 0. The molecule has 10 aromatic rings. The topological polar surface area (TPSA) is 9.72 Å². The van der Waals surface area contributed by atoms with Crippen molar-refractivity contribution in [3.8, 4) is 33.4 Å². The Balaban J connectivity index is 1.01. The van der Waals surface area contributed by atoms with Crippen LogP contribution in [0.15, 0.2) is 273 Å². The van der Waals surface area contributed by atoms with Crippen LogP contribution in [0.1, 0.15) is 0 Å². The summed E-state index contributed by atoms with van der Waals surface area (Å²) < 4.78 is 0. The zero-order chi connectivity index (χ0) is 42.2. The van der Waals surface area contributed by atoms with Crippen LogP contribution in [0, 0.1) is 0 Å². The molecule has 0 heterocycles. The summed E-state index contributed by atoms with van der Waals surface area (Å²) in [5.41, 5.74) is 16.9. The molecular formula is C60H45N3. The molecule has 0 aliphatic carbocycles. The van der Waals surface area contributed by atoms with Crippen LogP contribution in [0.5, 0.6) is 0 Å². The predicted octanol–water partition coefficient (Wildman–Crippen LogP) is 17.1. The van der Waals surface area contributed by atoms with Gasteiger partial charge in [-0.2, -0.15) is 0 Å². The van der Waals surface area contributed by atoms with Gasteiger partial charge >= 0.3 is 0 Å². The van der Waals surface area contributed by atoms with E-state index in [1.165, 1.54) is 11.1 Å². The second-order valence-electron chi connectivity index (χ2n) is 15.5. The Morgan fingerprint density at radius 1 is 0.143 bits per heavy atom. The molecule has 63 heavy (non-hydrogen) atoms. The summed E-state index contributed by atoms with van der Waals surface area (Å²) >= 11 is 0. The zero-order valence-corrected chi connectivity index (χ0v) is 34.8. The lowest BCUT2D eigenvalue weighted by Crippen LogP contribution is -2.10. The molecule has 0 aliphatic heterocycles. The number of anilines is 9. The molecular weight excluding hydrogens is 763 g/mol. The van der Waals surface area contributed by atoms with Gasteiger partial charge in [0.05, 0.1) is 0 Å². The van der Waals surface area contributed by atoms with E-state index < -0.39 is 0 Å². The maximum absolute atomic E-state index is 2.36. The van der Waals surface area contributed by atoms with Crippen molar-refractivity contribution in [1.29, 1.82) is 0 Å². The first kappa shape index (κ1) is 38.8. The van der Waals surface area contributed by atoms with Crippen LogP contribution in [-0.4, -0.2) is 0 Å². The molecule has 0 spiro atoms. The van der Waals surface area contributed by atoms with Crippen LogP contribution in [0.4, 0.5) is 51.2 Å². The Labute approximate surface area is 370 Å². The third kappa shape index (κ3) is 8.50. The number of nitrogens with zero attached hydrogens (tertiary/aromatic N) is 3. The van der Waals surface area contributed by atoms with E-state index >= 15 is 0 Å². The van der Waals surface area contributed by atoms with Gasteiger partial charge in [-0.3, -0.25) is 0 Å². The summed E-state index contributed by atoms with van der Waals surface area (Å²) in [5, 5.41) is 0. The molecule has 0 radical (unpaired) electrons. The summed E-state index contributed by atoms with van der Waals surface area (Å²) in [7, 11) is 0. The molecule has 0 bridgehead atoms. The lowest BCUT2D eigenvalue weighted by Gasteiger charge is -2.27. The van der Waals surface area contributed by atoms with Crippen molar-refractivity contribution in [2.45, 2.75) is 0 Å². The van der Waals surface area contributed by atoms with Crippen LogP contribution >= 0.6 is 0 Å². The van der Waals surface area contributed by atoms with E-state index in [2.05, 4.69) is 288 Å². The monoisotopic (exact) mass is 807 g/mol. The predicted molar refractivity (Wildman–Crippen MR) is 267 cm³/mol. The van der Waals surface area contributed by atoms with Crippen LogP contribution in [0.2, 0.25) is 0 Å². The van der Waals surface area contributed by atoms with Crippen molar-refractivity contribution < 1.29 is 0 Å². The van der Waals surface area contributed by atoms with Crippen LogP contribution in [0.25, 0.3) is 33.4 Å². The van der Waals surface area contributed by atoms with E-state index in [1.54, 1.807) is 0 Å². The van der Waals surface area contributed by atoms with Gasteiger partial charge in [0.25, 0.3) is 0 Å². The molecule has 0 fully saturated rings. The number of hydrogen-bond donors (Lipinski definition) is 0. The Kier molecular flexibility index (Phi) is 11.1. The third-order valence-electron chi connectivity index (χ3n) is 11.4. The van der Waals surface area contributed by atoms with Crippen molar-refractivity contribution in [1.82, 2.24) is 0 Å². The van der Waals surface area contributed by atoms with Gasteiger partial charge < -0.3 is 14.7 Å². The molecule has 0 aliphatic rings. The molecule has 0 amide bonds. The summed E-state index contributed by atoms with van der Waals surface area (Å²) in [6.45, 7) is 0. The van der Waals surface area contributed by atoms with Gasteiger partial charge in [0.15, 0.2) is 0 Å². The van der Waals surface area contributed by atoms with Crippen LogP contribution < -0.4 is 14.7 Å². The molecule has 0 N–H and O–H groups in total. The van der Waals surface area contributed by atoms with E-state index in [9.17, 15) is 0 Å². The molecule has 0 saturated heterocycles. The highest BCUT2D eigenvalue weighted by atomic mass is 15.2. The second-order valence-corrected chi connectivity index (χ2v) is 15.5. The van der Waals surface area contributed by atoms with Gasteiger partial charge in [-0.1, -0.05) is 164 Å². The summed E-state index contributed by atoms with van der Waals surface area (Å²) in [6, 6.07) is 97.2. The van der Waals surface area contributed by atoms with E-state index in [0.29, 0.717) is 0 Å². The summed E-state index contributed by atoms with van der Waals surface area (Å²) in [5.74, 6) is 0. The Morgan fingerprint density at radius 3 is 0.667 bits per heavy atom. The maximum Gasteiger partial charge on any atom is 0.0467 e. The van der Waals surface area contributed by atoms with Gasteiger partial charge in [-0.15, -0.1) is 0 Å². The van der Waals surface area contributed by atoms with Crippen molar-refractivity contribution in [3.05, 3.63) is 273 Å². The lowest BCUT2D eigenvalue weighted by molar-refractivity contribution is 1.28. The first-order valence-electron chi connectivity index (χ1n) is 21.4. The highest BCUT2D eigenvalue weighted by Crippen LogP contribution is 2.41. The molecule has 10 aromatic carbocycles. The Hall–Kier alpha value is -8.40. The van der Waals surface area contributed by atoms with Crippen molar-refractivity contribution >= 4 is 51.2 Å². The average Bonchev–Trinajstić information content (AvgIpc) is 3.37. The number of benzene rings is 10. The van der Waals surface area contributed by atoms with Gasteiger partial charge in [-0.05, 0) is 143 Å². The maximum atomic E-state index is 2.36. The Bertz CT molecular complexity index is 2760. The van der Waals surface area contributed by atoms with Crippen molar-refractivity contribution in [2.24, 2.45) is 0 Å². The molecule has 0 unspecified atom stereocenters. The van der Waals surface area contributed by atoms with Gasteiger partial charge in [0.1, 0.15) is 0 Å². The Morgan fingerprint density at radius 2 is 0.349 bits per heavy atom. The molecule has 0 atom stereocenters. The highest BCUT2D eigenvalue weighted by molar-refractivity contribution is 5.85. The van der Waals surface area contributed by atoms with E-state index in [1.807, 2.05) is 0 Å². The smallest absolute Gasteiger partial charge is 0.0467 e. The fourth-order valence-electron chi connectivity index (χ4n) is 8.34. The quantitative estimate of drug-likeness (QED) is 0.122. The normalized spacial score (nSPS) is 10.9. The number of rotatable bonds is 12. The van der Waals surface area contributed by atoms with Gasteiger partial charge in [0.2, 0.25) is 0 Å². The van der Waals surface area contributed by atoms with Gasteiger partial charge in [0, 0.05) is 51.2 Å². The first-order valence-corrected chi connectivity index (χ1v) is 21.4. The number of para-hydroxylation sites is 4. The second kappa shape index (κ2) is 18.1. The minimum atomic E-state index is 1.08. The van der Waals surface area contributed by atoms with Crippen LogP contribution in [-0.2, 0) is 0 Å². The third-order valence-corrected chi connectivity index (χ3v) is 11.4. The molecule has 0 aromatic heterocycles. The van der Waals surface area contributed by atoms with E-state index in [4.69, 9.17) is 0 Å². The molecule has 10 rings (SSSR count). The molecule has 3 heteroatoms. The van der Waals surface area contributed by atoms with Crippen molar-refractivity contribution in [2.75, 3.05) is 14.7 Å².